The summed E-state index contributed by atoms with van der Waals surface area (Å²) in [4.78, 5) is 0. The molecule has 0 spiro atoms. The minimum atomic E-state index is -6.09. The number of rotatable bonds is 4. The summed E-state index contributed by atoms with van der Waals surface area (Å²) in [5, 5.41) is 6.06. The predicted molar refractivity (Wildman–Crippen MR) is 273 cm³/mol. The zero-order valence-corrected chi connectivity index (χ0v) is 48.7. The summed E-state index contributed by atoms with van der Waals surface area (Å²) in [7, 11) is -13.0. The molecule has 0 aliphatic carbocycles. The molecule has 6 aromatic rings. The van der Waals surface area contributed by atoms with E-state index in [1.807, 2.05) is 72.8 Å². The SMILES string of the molecule is C[PH+](C)c1ccccc1.C[PH+](C)c1ccccc1.C[PH+](C)c1ccccc1.C[PH+](C)c1ccccc1.O=S(=O)([O-])C(F)(F)F.O=S(=O)([O-])C(F)(F)F.[OH-].[OH-].[Pt+2].[Pt+2].c1ccccc1.c1ccccc1. The Bertz CT molecular complexity index is 1910. The summed E-state index contributed by atoms with van der Waals surface area (Å²) in [6.45, 7) is 18.4. The molecule has 0 saturated carbocycles. The topological polar surface area (TPSA) is 174 Å². The predicted octanol–water partition coefficient (Wildman–Crippen LogP) is 10.3. The smallest absolute Gasteiger partial charge is 0.870 e. The molecule has 0 bridgehead atoms. The summed E-state index contributed by atoms with van der Waals surface area (Å²) >= 11 is 0. The van der Waals surface area contributed by atoms with Crippen LogP contribution in [0.2, 0.25) is 0 Å². The molecule has 0 radical (unpaired) electrons. The minimum Gasteiger partial charge on any atom is -0.870 e. The second-order valence-electron chi connectivity index (χ2n) is 13.6. The molecule has 0 aliphatic rings. The van der Waals surface area contributed by atoms with Crippen LogP contribution in [0.1, 0.15) is 0 Å². The molecule has 6 aromatic carbocycles. The van der Waals surface area contributed by atoms with Crippen LogP contribution in [0.3, 0.4) is 0 Å². The first-order valence-electron chi connectivity index (χ1n) is 19.2. The molecule has 6 rings (SSSR count). The Morgan fingerprint density at radius 2 is 0.397 bits per heavy atom. The van der Waals surface area contributed by atoms with Crippen LogP contribution in [0.5, 0.6) is 0 Å². The van der Waals surface area contributed by atoms with Gasteiger partial charge in [-0.25, -0.2) is 16.8 Å². The molecule has 0 aliphatic heterocycles. The Balaban J connectivity index is -0.000000161. The number of benzene rings is 6. The van der Waals surface area contributed by atoms with Gasteiger partial charge in [0, 0.05) is 31.7 Å². The van der Waals surface area contributed by atoms with Gasteiger partial charge in [-0.15, -0.1) is 0 Å². The van der Waals surface area contributed by atoms with Crippen LogP contribution >= 0.6 is 31.7 Å². The first-order valence-corrected chi connectivity index (χ1v) is 32.0. The van der Waals surface area contributed by atoms with Crippen molar-refractivity contribution in [2.45, 2.75) is 11.0 Å². The van der Waals surface area contributed by atoms with Gasteiger partial charge in [-0.05, 0) is 48.5 Å². The van der Waals surface area contributed by atoms with Crippen LogP contribution in [0, 0.1) is 0 Å². The normalized spacial score (nSPS) is 10.1. The van der Waals surface area contributed by atoms with Gasteiger partial charge in [-0.1, -0.05) is 146 Å². The van der Waals surface area contributed by atoms with Crippen molar-refractivity contribution >= 4 is 73.1 Å². The van der Waals surface area contributed by atoms with E-state index >= 15 is 0 Å². The van der Waals surface area contributed by atoms with Gasteiger partial charge in [0.05, 0.1) is 74.5 Å². The average molecular weight is 1440 g/mol. The Kier molecular flexibility index (Phi) is 49.4. The van der Waals surface area contributed by atoms with Gasteiger partial charge in [0.2, 0.25) is 0 Å². The first-order chi connectivity index (χ1) is 29.7. The van der Waals surface area contributed by atoms with E-state index in [1.165, 1.54) is 21.2 Å². The fraction of sp³-hybridized carbons (Fsp3) is 0.217. The van der Waals surface area contributed by atoms with E-state index in [2.05, 4.69) is 175 Å². The molecule has 0 unspecified atom stereocenters. The third-order valence-corrected chi connectivity index (χ3v) is 14.4. The molecule has 0 fully saturated rings. The molecule has 2 N–H and O–H groups in total. The van der Waals surface area contributed by atoms with Crippen molar-refractivity contribution in [1.29, 1.82) is 0 Å². The fourth-order valence-corrected chi connectivity index (χ4v) is 7.29. The third kappa shape index (κ3) is 43.7. The molecule has 384 valence electrons. The van der Waals surface area contributed by atoms with E-state index in [9.17, 15) is 26.3 Å². The van der Waals surface area contributed by atoms with E-state index in [0.29, 0.717) is 0 Å². The van der Waals surface area contributed by atoms with Crippen molar-refractivity contribution in [3.8, 4) is 0 Å². The van der Waals surface area contributed by atoms with E-state index in [1.54, 1.807) is 0 Å². The molecule has 0 aromatic heterocycles. The van der Waals surface area contributed by atoms with Gasteiger partial charge < -0.3 is 20.1 Å². The van der Waals surface area contributed by atoms with Gasteiger partial charge in [0.25, 0.3) is 0 Å². The van der Waals surface area contributed by atoms with Crippen molar-refractivity contribution in [2.75, 3.05) is 53.3 Å². The fourth-order valence-electron chi connectivity index (χ4n) is 3.86. The Morgan fingerprint density at radius 3 is 0.456 bits per heavy atom. The second kappa shape index (κ2) is 43.5. The van der Waals surface area contributed by atoms with Crippen molar-refractivity contribution in [1.82, 2.24) is 0 Å². The van der Waals surface area contributed by atoms with Gasteiger partial charge >= 0.3 is 53.1 Å². The van der Waals surface area contributed by atoms with Crippen LogP contribution in [0.15, 0.2) is 194 Å². The molecular weight excluding hydrogens is 1370 g/mol. The molecule has 68 heavy (non-hydrogen) atoms. The largest absolute Gasteiger partial charge is 2.00 e. The summed E-state index contributed by atoms with van der Waals surface area (Å²) in [6, 6.07) is 66.7. The van der Waals surface area contributed by atoms with Crippen molar-refractivity contribution in [3.63, 3.8) is 0 Å². The van der Waals surface area contributed by atoms with Crippen molar-refractivity contribution < 1.29 is 105 Å². The van der Waals surface area contributed by atoms with E-state index < -0.39 is 31.3 Å². The Labute approximate surface area is 433 Å². The van der Waals surface area contributed by atoms with Gasteiger partial charge in [0.1, 0.15) is 0 Å². The molecule has 22 heteroatoms. The molecule has 0 heterocycles. The van der Waals surface area contributed by atoms with Crippen LogP contribution in [0.4, 0.5) is 26.3 Å². The maximum atomic E-state index is 10.7. The van der Waals surface area contributed by atoms with Gasteiger partial charge in [-0.3, -0.25) is 0 Å². The zero-order valence-electron chi connectivity index (χ0n) is 38.5. The first kappa shape index (κ1) is 77.2. The van der Waals surface area contributed by atoms with Gasteiger partial charge in [0.15, 0.2) is 20.2 Å². The Hall–Kier alpha value is -2.26. The summed E-state index contributed by atoms with van der Waals surface area (Å²) in [5.41, 5.74) is -11.3. The van der Waals surface area contributed by atoms with Crippen LogP contribution in [-0.2, 0) is 62.4 Å². The molecule has 8 nitrogen and oxygen atoms in total. The molecule has 0 atom stereocenters. The quantitative estimate of drug-likeness (QED) is 0.0725. The number of alkyl halides is 6. The standard InChI is InChI=1S/4C8H11P.2C6H6.2CHF3O3S.2H2O.2Pt/c4*1-9(2)8-6-4-3-5-7-8;2*1-2-4-6-5-3-1;2*2-1(3,4)8(5,6)7;;;;/h4*3-7H,1-2H3;2*1-6H;2*(H,5,6,7);2*1H2;;/q;;;;;;;;;;2*+2. The summed E-state index contributed by atoms with van der Waals surface area (Å²) in [5.74, 6) is 0. The van der Waals surface area contributed by atoms with Crippen LogP contribution < -0.4 is 21.2 Å². The zero-order chi connectivity index (χ0) is 49.2. The minimum absolute atomic E-state index is 0. The van der Waals surface area contributed by atoms with Crippen LogP contribution in [0.25, 0.3) is 0 Å². The monoisotopic (exact) mass is 1430 g/mol. The summed E-state index contributed by atoms with van der Waals surface area (Å²) < 4.78 is 118. The average Bonchev–Trinajstić information content (AvgIpc) is 3.26. The number of hydrogen-bond acceptors (Lipinski definition) is 8. The Morgan fingerprint density at radius 1 is 0.309 bits per heavy atom. The van der Waals surface area contributed by atoms with Crippen molar-refractivity contribution in [2.24, 2.45) is 0 Å². The molecule has 0 saturated heterocycles. The van der Waals surface area contributed by atoms with E-state index in [4.69, 9.17) is 25.9 Å². The maximum Gasteiger partial charge on any atom is 2.00 e. The summed E-state index contributed by atoms with van der Waals surface area (Å²) in [6.07, 6.45) is 0. The second-order valence-corrected chi connectivity index (χ2v) is 26.6. The van der Waals surface area contributed by atoms with Crippen LogP contribution in [-0.4, -0.2) is 101 Å². The maximum absolute atomic E-state index is 10.7. The molecular formula is C46H62F6O8P4Pt2S2+4. The number of halogens is 6. The van der Waals surface area contributed by atoms with E-state index in [0.717, 1.165) is 0 Å². The van der Waals surface area contributed by atoms with Crippen molar-refractivity contribution in [3.05, 3.63) is 194 Å². The van der Waals surface area contributed by atoms with Gasteiger partial charge in [-0.2, -0.15) is 26.3 Å². The molecule has 0 amide bonds. The number of hydrogen-bond donors (Lipinski definition) is 0. The van der Waals surface area contributed by atoms with E-state index in [-0.39, 0.29) is 84.8 Å². The third-order valence-electron chi connectivity index (χ3n) is 7.30.